The van der Waals surface area contributed by atoms with Crippen molar-refractivity contribution in [3.8, 4) is 21.8 Å². The monoisotopic (exact) mass is 456 g/mol. The van der Waals surface area contributed by atoms with Crippen molar-refractivity contribution >= 4 is 27.3 Å². The fourth-order valence-electron chi connectivity index (χ4n) is 3.68. The summed E-state index contributed by atoms with van der Waals surface area (Å²) >= 11 is 1.53. The molecule has 0 spiro atoms. The highest BCUT2D eigenvalue weighted by molar-refractivity contribution is 7.89. The van der Waals surface area contributed by atoms with Gasteiger partial charge in [0.05, 0.1) is 23.1 Å². The van der Waals surface area contributed by atoms with Crippen molar-refractivity contribution in [2.45, 2.75) is 24.7 Å². The second-order valence-corrected chi connectivity index (χ2v) is 10.2. The van der Waals surface area contributed by atoms with Crippen molar-refractivity contribution in [1.29, 1.82) is 0 Å². The summed E-state index contributed by atoms with van der Waals surface area (Å²) in [5.41, 5.74) is 2.55. The molecule has 6 nitrogen and oxygen atoms in total. The van der Waals surface area contributed by atoms with E-state index in [2.05, 4.69) is 0 Å². The number of rotatable bonds is 6. The Morgan fingerprint density at radius 1 is 1.10 bits per heavy atom. The van der Waals surface area contributed by atoms with Gasteiger partial charge in [0.1, 0.15) is 5.01 Å². The first-order chi connectivity index (χ1) is 15.0. The lowest BCUT2D eigenvalue weighted by atomic mass is 9.98. The first kappa shape index (κ1) is 21.7. The molecule has 1 fully saturated rings. The first-order valence-corrected chi connectivity index (χ1v) is 12.6. The Hall–Kier alpha value is -2.55. The lowest BCUT2D eigenvalue weighted by Gasteiger charge is -2.30. The highest BCUT2D eigenvalue weighted by Gasteiger charge is 2.32. The number of thiazole rings is 1. The number of nitrogens with zero attached hydrogens (tertiary/aromatic N) is 2. The quantitative estimate of drug-likeness (QED) is 0.513. The number of carbonyl (C=O) groups excluding carboxylic acids is 1. The summed E-state index contributed by atoms with van der Waals surface area (Å²) in [6.07, 6.45) is 0.953. The summed E-state index contributed by atoms with van der Waals surface area (Å²) in [5.74, 6) is -0.469. The summed E-state index contributed by atoms with van der Waals surface area (Å²) in [6, 6.07) is 16.8. The van der Waals surface area contributed by atoms with Crippen molar-refractivity contribution in [2.24, 2.45) is 5.92 Å². The van der Waals surface area contributed by atoms with Gasteiger partial charge in [-0.2, -0.15) is 4.31 Å². The third-order valence-corrected chi connectivity index (χ3v) is 8.15. The van der Waals surface area contributed by atoms with Crippen LogP contribution < -0.4 is 0 Å². The van der Waals surface area contributed by atoms with Crippen LogP contribution in [0, 0.1) is 5.92 Å². The molecule has 1 aliphatic rings. The molecule has 1 aliphatic heterocycles. The molecule has 0 radical (unpaired) electrons. The number of aromatic nitrogens is 1. The molecular weight excluding hydrogens is 432 g/mol. The Balaban J connectivity index is 1.52. The van der Waals surface area contributed by atoms with E-state index in [1.54, 1.807) is 25.1 Å². The maximum absolute atomic E-state index is 13.2. The standard InChI is InChI=1S/C23H24N2O4S2/c1-2-29-23(26)18-11-13-25(14-12-18)31(27,28)20-10-6-9-19(15-20)21-16-30-22(24-21)17-7-4-3-5-8-17/h3-10,15-16,18H,2,11-14H2,1H3. The van der Waals surface area contributed by atoms with E-state index in [0.717, 1.165) is 21.8 Å². The number of esters is 1. The van der Waals surface area contributed by atoms with Crippen LogP contribution in [0.5, 0.6) is 0 Å². The van der Waals surface area contributed by atoms with Crippen molar-refractivity contribution in [3.05, 3.63) is 60.0 Å². The lowest BCUT2D eigenvalue weighted by molar-refractivity contribution is -0.149. The summed E-state index contributed by atoms with van der Waals surface area (Å²) in [7, 11) is -3.64. The number of hydrogen-bond donors (Lipinski definition) is 0. The molecule has 0 N–H and O–H groups in total. The van der Waals surface area contributed by atoms with E-state index in [9.17, 15) is 13.2 Å². The SMILES string of the molecule is CCOC(=O)C1CCN(S(=O)(=O)c2cccc(-c3csc(-c4ccccc4)n3)c2)CC1. The molecule has 0 aliphatic carbocycles. The molecule has 8 heteroatoms. The van der Waals surface area contributed by atoms with Crippen LogP contribution in [0.1, 0.15) is 19.8 Å². The van der Waals surface area contributed by atoms with Gasteiger partial charge < -0.3 is 4.74 Å². The van der Waals surface area contributed by atoms with Gasteiger partial charge in [-0.25, -0.2) is 13.4 Å². The van der Waals surface area contributed by atoms with Gasteiger partial charge in [0, 0.05) is 29.6 Å². The van der Waals surface area contributed by atoms with Crippen LogP contribution in [0.4, 0.5) is 0 Å². The maximum atomic E-state index is 13.2. The number of ether oxygens (including phenoxy) is 1. The molecule has 1 aromatic heterocycles. The number of benzene rings is 2. The molecule has 0 unspecified atom stereocenters. The Morgan fingerprint density at radius 3 is 2.52 bits per heavy atom. The zero-order chi connectivity index (χ0) is 21.8. The summed E-state index contributed by atoms with van der Waals surface area (Å²) in [5, 5.41) is 2.84. The van der Waals surface area contributed by atoms with Crippen molar-refractivity contribution in [1.82, 2.24) is 9.29 Å². The molecule has 31 heavy (non-hydrogen) atoms. The van der Waals surface area contributed by atoms with Gasteiger partial charge in [-0.3, -0.25) is 4.79 Å². The first-order valence-electron chi connectivity index (χ1n) is 10.3. The van der Waals surface area contributed by atoms with Crippen molar-refractivity contribution < 1.29 is 17.9 Å². The van der Waals surface area contributed by atoms with Crippen LogP contribution >= 0.6 is 11.3 Å². The zero-order valence-electron chi connectivity index (χ0n) is 17.2. The van der Waals surface area contributed by atoms with E-state index >= 15 is 0 Å². The van der Waals surface area contributed by atoms with Gasteiger partial charge in [-0.15, -0.1) is 11.3 Å². The summed E-state index contributed by atoms with van der Waals surface area (Å²) in [6.45, 7) is 2.73. The van der Waals surface area contributed by atoms with Gasteiger partial charge in [0.25, 0.3) is 0 Å². The number of sulfonamides is 1. The fourth-order valence-corrected chi connectivity index (χ4v) is 6.03. The smallest absolute Gasteiger partial charge is 0.309 e. The molecule has 1 saturated heterocycles. The molecule has 0 saturated carbocycles. The predicted octanol–water partition coefficient (Wildman–Crippen LogP) is 4.44. The Bertz CT molecular complexity index is 1150. The third kappa shape index (κ3) is 4.71. The van der Waals surface area contributed by atoms with E-state index in [1.807, 2.05) is 41.8 Å². The molecule has 162 valence electrons. The topological polar surface area (TPSA) is 76.6 Å². The van der Waals surface area contributed by atoms with E-state index in [-0.39, 0.29) is 16.8 Å². The second kappa shape index (κ2) is 9.30. The maximum Gasteiger partial charge on any atom is 0.309 e. The summed E-state index contributed by atoms with van der Waals surface area (Å²) in [4.78, 5) is 16.9. The molecule has 0 atom stereocenters. The highest BCUT2D eigenvalue weighted by atomic mass is 32.2. The van der Waals surface area contributed by atoms with Gasteiger partial charge in [-0.1, -0.05) is 42.5 Å². The lowest BCUT2D eigenvalue weighted by Crippen LogP contribution is -2.40. The third-order valence-electron chi connectivity index (χ3n) is 5.37. The van der Waals surface area contributed by atoms with Gasteiger partial charge in [0.2, 0.25) is 10.0 Å². The normalized spacial score (nSPS) is 15.6. The minimum Gasteiger partial charge on any atom is -0.466 e. The van der Waals surface area contributed by atoms with Crippen LogP contribution in [0.3, 0.4) is 0 Å². The summed E-state index contributed by atoms with van der Waals surface area (Å²) < 4.78 is 32.9. The molecule has 2 aromatic carbocycles. The molecule has 3 aromatic rings. The predicted molar refractivity (Wildman–Crippen MR) is 121 cm³/mol. The van der Waals surface area contributed by atoms with E-state index in [4.69, 9.17) is 9.72 Å². The minimum atomic E-state index is -3.64. The zero-order valence-corrected chi connectivity index (χ0v) is 18.9. The van der Waals surface area contributed by atoms with Gasteiger partial charge >= 0.3 is 5.97 Å². The Kier molecular flexibility index (Phi) is 6.50. The van der Waals surface area contributed by atoms with Crippen LogP contribution in [0.25, 0.3) is 21.8 Å². The minimum absolute atomic E-state index is 0.232. The van der Waals surface area contributed by atoms with Gasteiger partial charge in [0.15, 0.2) is 0 Å². The molecule has 0 amide bonds. The average molecular weight is 457 g/mol. The van der Waals surface area contributed by atoms with E-state index in [1.165, 1.54) is 15.6 Å². The number of piperidine rings is 1. The molecule has 2 heterocycles. The van der Waals surface area contributed by atoms with Gasteiger partial charge in [-0.05, 0) is 31.9 Å². The molecular formula is C23H24N2O4S2. The molecule has 0 bridgehead atoms. The Morgan fingerprint density at radius 2 is 1.81 bits per heavy atom. The van der Waals surface area contributed by atoms with Crippen LogP contribution in [-0.2, 0) is 19.6 Å². The fraction of sp³-hybridized carbons (Fsp3) is 0.304. The van der Waals surface area contributed by atoms with Crippen LogP contribution in [0.2, 0.25) is 0 Å². The molecule has 4 rings (SSSR count). The van der Waals surface area contributed by atoms with Crippen molar-refractivity contribution in [3.63, 3.8) is 0 Å². The van der Waals surface area contributed by atoms with Crippen molar-refractivity contribution in [2.75, 3.05) is 19.7 Å². The van der Waals surface area contributed by atoms with E-state index < -0.39 is 10.0 Å². The highest BCUT2D eigenvalue weighted by Crippen LogP contribution is 2.31. The van der Waals surface area contributed by atoms with E-state index in [0.29, 0.717) is 32.5 Å². The van der Waals surface area contributed by atoms with Crippen LogP contribution in [-0.4, -0.2) is 43.4 Å². The second-order valence-electron chi connectivity index (χ2n) is 7.36. The average Bonchev–Trinajstić information content (AvgIpc) is 3.30. The number of carbonyl (C=O) groups is 1. The largest absolute Gasteiger partial charge is 0.466 e. The van der Waals surface area contributed by atoms with Crippen LogP contribution in [0.15, 0.2) is 64.9 Å². The number of hydrogen-bond acceptors (Lipinski definition) is 6. The Labute approximate surface area is 186 Å².